The fourth-order valence-corrected chi connectivity index (χ4v) is 4.72. The number of halogens is 4. The normalized spacial score (nSPS) is 15.0. The van der Waals surface area contributed by atoms with E-state index >= 15 is 0 Å². The Labute approximate surface area is 239 Å². The second-order valence-electron chi connectivity index (χ2n) is 9.65. The highest BCUT2D eigenvalue weighted by molar-refractivity contribution is 6.28. The minimum Gasteiger partial charge on any atom is -0.494 e. The number of aromatic nitrogens is 2. The zero-order valence-electron chi connectivity index (χ0n) is 22.0. The van der Waals surface area contributed by atoms with Gasteiger partial charge in [0.1, 0.15) is 30.1 Å². The molecular formula is C27H30ClF3N4O6. The summed E-state index contributed by atoms with van der Waals surface area (Å²) in [6.07, 6.45) is -1.15. The fourth-order valence-electron chi connectivity index (χ4n) is 4.50. The predicted molar refractivity (Wildman–Crippen MR) is 145 cm³/mol. The molecule has 41 heavy (non-hydrogen) atoms. The molecule has 0 spiro atoms. The maximum absolute atomic E-state index is 12.3. The molecule has 14 heteroatoms. The standard InChI is InChI=1S/C27H30ClF3N4O6/c28-26-32-25(35(37)38)17-34(26)15-11-21(36)18-40-23-3-1-20(2-4-23)33-13-9-19(10-14-33)12-16-39-22-5-7-24(8-6-22)41-27(29,30)31/h1-8,17,19,21,36H,9-16,18H2/t21-/m1/s1. The SMILES string of the molecule is O=[N+]([O-])c1cn(CC[C@@H](O)COc2ccc(N3CCC(CCOc4ccc(OC(F)(F)F)cc4)CC3)cc2)c(Cl)n1. The van der Waals surface area contributed by atoms with Gasteiger partial charge in [-0.2, -0.15) is 0 Å². The quantitative estimate of drug-likeness (QED) is 0.192. The average Bonchev–Trinajstić information content (AvgIpc) is 3.32. The van der Waals surface area contributed by atoms with Crippen molar-refractivity contribution >= 4 is 23.1 Å². The van der Waals surface area contributed by atoms with Gasteiger partial charge >= 0.3 is 17.5 Å². The number of benzene rings is 2. The van der Waals surface area contributed by atoms with Crippen LogP contribution in [0.1, 0.15) is 25.7 Å². The number of nitro groups is 1. The number of rotatable bonds is 13. The van der Waals surface area contributed by atoms with E-state index in [4.69, 9.17) is 21.1 Å². The second-order valence-corrected chi connectivity index (χ2v) is 9.99. The molecule has 1 N–H and O–H groups in total. The number of piperidine rings is 1. The van der Waals surface area contributed by atoms with Crippen molar-refractivity contribution < 1.29 is 37.4 Å². The van der Waals surface area contributed by atoms with Crippen molar-refractivity contribution in [3.05, 3.63) is 70.1 Å². The molecule has 0 unspecified atom stereocenters. The van der Waals surface area contributed by atoms with Crippen LogP contribution in [0.5, 0.6) is 17.2 Å². The molecule has 2 heterocycles. The summed E-state index contributed by atoms with van der Waals surface area (Å²) in [7, 11) is 0. The summed E-state index contributed by atoms with van der Waals surface area (Å²) in [5.74, 6) is 0.990. The Kier molecular flexibility index (Phi) is 10.2. The Morgan fingerprint density at radius 3 is 2.27 bits per heavy atom. The number of alkyl halides is 3. The number of aryl methyl sites for hydroxylation is 1. The van der Waals surface area contributed by atoms with Crippen molar-refractivity contribution in [2.75, 3.05) is 31.2 Å². The van der Waals surface area contributed by atoms with Crippen LogP contribution in [0.2, 0.25) is 5.28 Å². The van der Waals surface area contributed by atoms with E-state index in [0.29, 0.717) is 24.0 Å². The van der Waals surface area contributed by atoms with Gasteiger partial charge in [-0.3, -0.25) is 4.57 Å². The Balaban J connectivity index is 1.13. The van der Waals surface area contributed by atoms with Crippen LogP contribution in [0.25, 0.3) is 0 Å². The molecule has 1 saturated heterocycles. The zero-order valence-corrected chi connectivity index (χ0v) is 22.8. The zero-order chi connectivity index (χ0) is 29.4. The van der Waals surface area contributed by atoms with E-state index < -0.39 is 17.4 Å². The molecule has 10 nitrogen and oxygen atoms in total. The summed E-state index contributed by atoms with van der Waals surface area (Å²) in [6, 6.07) is 13.0. The van der Waals surface area contributed by atoms with Crippen molar-refractivity contribution in [1.29, 1.82) is 0 Å². The van der Waals surface area contributed by atoms with Crippen LogP contribution >= 0.6 is 11.6 Å². The van der Waals surface area contributed by atoms with Gasteiger partial charge in [-0.05, 0) is 102 Å². The van der Waals surface area contributed by atoms with E-state index in [2.05, 4.69) is 14.6 Å². The van der Waals surface area contributed by atoms with Gasteiger partial charge in [0.05, 0.1) is 12.7 Å². The molecule has 1 atom stereocenters. The van der Waals surface area contributed by atoms with E-state index in [1.54, 1.807) is 0 Å². The summed E-state index contributed by atoms with van der Waals surface area (Å²) in [4.78, 5) is 16.1. The highest BCUT2D eigenvalue weighted by Crippen LogP contribution is 2.28. The Bertz CT molecular complexity index is 1270. The summed E-state index contributed by atoms with van der Waals surface area (Å²) >= 11 is 5.89. The topological polar surface area (TPSA) is 112 Å². The molecule has 1 aromatic heterocycles. The largest absolute Gasteiger partial charge is 0.573 e. The van der Waals surface area contributed by atoms with Crippen LogP contribution in [0.4, 0.5) is 24.7 Å². The van der Waals surface area contributed by atoms with Gasteiger partial charge in [-0.1, -0.05) is 0 Å². The lowest BCUT2D eigenvalue weighted by atomic mass is 9.93. The van der Waals surface area contributed by atoms with Crippen LogP contribution in [0, 0.1) is 16.0 Å². The summed E-state index contributed by atoms with van der Waals surface area (Å²) in [5.41, 5.74) is 1.07. The lowest BCUT2D eigenvalue weighted by Gasteiger charge is -2.33. The molecule has 0 aliphatic carbocycles. The van der Waals surface area contributed by atoms with Crippen molar-refractivity contribution in [2.45, 2.75) is 44.7 Å². The van der Waals surface area contributed by atoms with E-state index in [0.717, 1.165) is 38.0 Å². The van der Waals surface area contributed by atoms with Crippen molar-refractivity contribution in [2.24, 2.45) is 5.92 Å². The number of imidazole rings is 1. The number of hydrogen-bond donors (Lipinski definition) is 1. The molecule has 4 rings (SSSR count). The third-order valence-electron chi connectivity index (χ3n) is 6.72. The first-order valence-electron chi connectivity index (χ1n) is 13.1. The summed E-state index contributed by atoms with van der Waals surface area (Å²) in [6.45, 7) is 2.59. The highest BCUT2D eigenvalue weighted by atomic mass is 35.5. The minimum absolute atomic E-state index is 0.00934. The number of ether oxygens (including phenoxy) is 3. The maximum Gasteiger partial charge on any atom is 0.573 e. The van der Waals surface area contributed by atoms with E-state index in [1.807, 2.05) is 24.3 Å². The Morgan fingerprint density at radius 2 is 1.66 bits per heavy atom. The summed E-state index contributed by atoms with van der Waals surface area (Å²) < 4.78 is 53.5. The maximum atomic E-state index is 12.3. The van der Waals surface area contributed by atoms with Crippen LogP contribution in [-0.4, -0.2) is 58.4 Å². The van der Waals surface area contributed by atoms with Gasteiger partial charge in [0.15, 0.2) is 0 Å². The van der Waals surface area contributed by atoms with E-state index in [-0.39, 0.29) is 36.4 Å². The summed E-state index contributed by atoms with van der Waals surface area (Å²) in [5, 5.41) is 21.0. The molecule has 1 aliphatic heterocycles. The second kappa shape index (κ2) is 13.8. The third-order valence-corrected chi connectivity index (χ3v) is 7.02. The van der Waals surface area contributed by atoms with Crippen LogP contribution in [0.3, 0.4) is 0 Å². The number of nitrogens with zero attached hydrogens (tertiary/aromatic N) is 4. The molecule has 0 amide bonds. The van der Waals surface area contributed by atoms with Crippen LogP contribution in [-0.2, 0) is 6.54 Å². The average molecular weight is 599 g/mol. The van der Waals surface area contributed by atoms with E-state index in [1.165, 1.54) is 35.0 Å². The molecule has 0 bridgehead atoms. The molecule has 3 aromatic rings. The Hall–Kier alpha value is -3.71. The van der Waals surface area contributed by atoms with Crippen LogP contribution in [0.15, 0.2) is 54.7 Å². The molecule has 0 radical (unpaired) electrons. The van der Waals surface area contributed by atoms with Gasteiger partial charge < -0.3 is 34.3 Å². The van der Waals surface area contributed by atoms with Crippen LogP contribution < -0.4 is 19.1 Å². The first kappa shape index (κ1) is 30.3. The lowest BCUT2D eigenvalue weighted by molar-refractivity contribution is -0.389. The molecule has 1 fully saturated rings. The van der Waals surface area contributed by atoms with Crippen molar-refractivity contribution in [3.8, 4) is 17.2 Å². The number of hydrogen-bond acceptors (Lipinski definition) is 8. The predicted octanol–water partition coefficient (Wildman–Crippen LogP) is 5.86. The molecule has 1 aliphatic rings. The van der Waals surface area contributed by atoms with Gasteiger partial charge in [0.25, 0.3) is 0 Å². The highest BCUT2D eigenvalue weighted by Gasteiger charge is 2.31. The fraction of sp³-hybridized carbons (Fsp3) is 0.444. The van der Waals surface area contributed by atoms with Gasteiger partial charge in [-0.15, -0.1) is 13.2 Å². The van der Waals surface area contributed by atoms with Gasteiger partial charge in [0, 0.05) is 25.3 Å². The van der Waals surface area contributed by atoms with E-state index in [9.17, 15) is 28.4 Å². The lowest BCUT2D eigenvalue weighted by Crippen LogP contribution is -2.34. The van der Waals surface area contributed by atoms with Crippen molar-refractivity contribution in [1.82, 2.24) is 9.55 Å². The number of aliphatic hydroxyl groups is 1. The monoisotopic (exact) mass is 598 g/mol. The van der Waals surface area contributed by atoms with Crippen molar-refractivity contribution in [3.63, 3.8) is 0 Å². The Morgan fingerprint density at radius 1 is 1.05 bits per heavy atom. The first-order chi connectivity index (χ1) is 19.6. The molecular weight excluding hydrogens is 569 g/mol. The first-order valence-corrected chi connectivity index (χ1v) is 13.4. The third kappa shape index (κ3) is 9.42. The minimum atomic E-state index is -4.72. The number of aliphatic hydroxyl groups excluding tert-OH is 1. The smallest absolute Gasteiger partial charge is 0.494 e. The molecule has 0 saturated carbocycles. The van der Waals surface area contributed by atoms with Gasteiger partial charge in [-0.25, -0.2) is 0 Å². The molecule has 222 valence electrons. The number of anilines is 1. The molecule has 2 aromatic carbocycles. The van der Waals surface area contributed by atoms with Gasteiger partial charge in [0.2, 0.25) is 0 Å².